The van der Waals surface area contributed by atoms with Gasteiger partial charge in [0.05, 0.1) is 0 Å². The van der Waals surface area contributed by atoms with Crippen molar-refractivity contribution in [3.05, 3.63) is 69.6 Å². The Bertz CT molecular complexity index is 733. The van der Waals surface area contributed by atoms with Crippen molar-refractivity contribution >= 4 is 5.97 Å². The summed E-state index contributed by atoms with van der Waals surface area (Å²) in [4.78, 5) is 23.3. The zero-order chi connectivity index (χ0) is 14.8. The van der Waals surface area contributed by atoms with Crippen LogP contribution in [-0.2, 0) is 13.0 Å². The first kappa shape index (κ1) is 13.6. The smallest absolute Gasteiger partial charge is 0.352 e. The maximum absolute atomic E-state index is 12.0. The fraction of sp³-hybridized carbons (Fsp3) is 0.294. The quantitative estimate of drug-likeness (QED) is 0.942. The molecule has 0 saturated heterocycles. The number of hydrogen-bond donors (Lipinski definition) is 1. The van der Waals surface area contributed by atoms with E-state index in [-0.39, 0.29) is 17.2 Å². The van der Waals surface area contributed by atoms with E-state index in [1.807, 2.05) is 12.1 Å². The largest absolute Gasteiger partial charge is 0.477 e. The monoisotopic (exact) mass is 283 g/mol. The van der Waals surface area contributed by atoms with Gasteiger partial charge in [0, 0.05) is 18.5 Å². The number of carbonyl (C=O) groups is 1. The van der Waals surface area contributed by atoms with Crippen molar-refractivity contribution in [2.24, 2.45) is 0 Å². The highest BCUT2D eigenvalue weighted by Crippen LogP contribution is 2.32. The summed E-state index contributed by atoms with van der Waals surface area (Å²) >= 11 is 0. The van der Waals surface area contributed by atoms with Gasteiger partial charge in [-0.3, -0.25) is 4.79 Å². The molecule has 0 bridgehead atoms. The van der Waals surface area contributed by atoms with E-state index in [0.717, 1.165) is 19.3 Å². The number of rotatable bonds is 3. The van der Waals surface area contributed by atoms with Gasteiger partial charge in [0.1, 0.15) is 5.69 Å². The molecule has 1 aromatic carbocycles. The van der Waals surface area contributed by atoms with E-state index in [2.05, 4.69) is 12.1 Å². The topological polar surface area (TPSA) is 59.3 Å². The van der Waals surface area contributed by atoms with E-state index >= 15 is 0 Å². The van der Waals surface area contributed by atoms with Gasteiger partial charge in [-0.2, -0.15) is 0 Å². The van der Waals surface area contributed by atoms with Gasteiger partial charge in [0.2, 0.25) is 0 Å². The molecule has 4 nitrogen and oxygen atoms in total. The molecular weight excluding hydrogens is 266 g/mol. The Morgan fingerprint density at radius 1 is 1.19 bits per heavy atom. The molecule has 1 heterocycles. The van der Waals surface area contributed by atoms with Crippen molar-refractivity contribution < 1.29 is 9.90 Å². The normalized spacial score (nSPS) is 17.2. The summed E-state index contributed by atoms with van der Waals surface area (Å²) in [5.41, 5.74) is 2.37. The molecule has 0 fully saturated rings. The number of aryl methyl sites for hydroxylation is 1. The van der Waals surface area contributed by atoms with Gasteiger partial charge >= 0.3 is 5.97 Å². The molecule has 1 N–H and O–H groups in total. The minimum atomic E-state index is -1.06. The number of aromatic carboxylic acids is 1. The van der Waals surface area contributed by atoms with Gasteiger partial charge in [0.25, 0.3) is 5.56 Å². The SMILES string of the molecule is O=C(O)c1cccc(=O)n1CC1CCCc2ccccc21. The van der Waals surface area contributed by atoms with Crippen LogP contribution in [0.1, 0.15) is 40.4 Å². The van der Waals surface area contributed by atoms with Crippen molar-refractivity contribution in [1.82, 2.24) is 4.57 Å². The minimum Gasteiger partial charge on any atom is -0.477 e. The molecule has 0 aliphatic heterocycles. The molecule has 4 heteroatoms. The average molecular weight is 283 g/mol. The second-order valence-corrected chi connectivity index (χ2v) is 5.45. The number of benzene rings is 1. The third-order valence-electron chi connectivity index (χ3n) is 4.17. The first-order valence-corrected chi connectivity index (χ1v) is 7.18. The fourth-order valence-corrected chi connectivity index (χ4v) is 3.16. The summed E-state index contributed by atoms with van der Waals surface area (Å²) in [6.45, 7) is 0.429. The number of carboxylic acids is 1. The molecule has 1 atom stereocenters. The molecule has 21 heavy (non-hydrogen) atoms. The summed E-state index contributed by atoms with van der Waals surface area (Å²) in [5, 5.41) is 9.26. The van der Waals surface area contributed by atoms with E-state index in [1.165, 1.54) is 33.9 Å². The Morgan fingerprint density at radius 3 is 2.81 bits per heavy atom. The first-order valence-electron chi connectivity index (χ1n) is 7.18. The number of hydrogen-bond acceptors (Lipinski definition) is 2. The summed E-state index contributed by atoms with van der Waals surface area (Å²) < 4.78 is 1.38. The highest BCUT2D eigenvalue weighted by Gasteiger charge is 2.22. The molecule has 108 valence electrons. The highest BCUT2D eigenvalue weighted by atomic mass is 16.4. The molecule has 1 aliphatic carbocycles. The van der Waals surface area contributed by atoms with Gasteiger partial charge in [-0.25, -0.2) is 4.79 Å². The van der Waals surface area contributed by atoms with Crippen LogP contribution in [0.15, 0.2) is 47.3 Å². The van der Waals surface area contributed by atoms with Gasteiger partial charge < -0.3 is 9.67 Å². The zero-order valence-corrected chi connectivity index (χ0v) is 11.7. The van der Waals surface area contributed by atoms with Crippen LogP contribution in [0.25, 0.3) is 0 Å². The lowest BCUT2D eigenvalue weighted by atomic mass is 9.83. The van der Waals surface area contributed by atoms with Crippen LogP contribution in [0.2, 0.25) is 0 Å². The van der Waals surface area contributed by atoms with Gasteiger partial charge in [-0.15, -0.1) is 0 Å². The Labute approximate surface area is 122 Å². The minimum absolute atomic E-state index is 0.0607. The number of fused-ring (bicyclic) bond motifs is 1. The van der Waals surface area contributed by atoms with Crippen LogP contribution >= 0.6 is 0 Å². The average Bonchev–Trinajstić information content (AvgIpc) is 2.49. The zero-order valence-electron chi connectivity index (χ0n) is 11.7. The van der Waals surface area contributed by atoms with Gasteiger partial charge in [-0.05, 0) is 36.5 Å². The lowest BCUT2D eigenvalue weighted by Gasteiger charge is -2.26. The molecule has 0 radical (unpaired) electrons. The van der Waals surface area contributed by atoms with Crippen molar-refractivity contribution in [3.8, 4) is 0 Å². The number of pyridine rings is 1. The summed E-state index contributed by atoms with van der Waals surface area (Å²) in [7, 11) is 0. The highest BCUT2D eigenvalue weighted by molar-refractivity contribution is 5.85. The van der Waals surface area contributed by atoms with Crippen molar-refractivity contribution in [2.45, 2.75) is 31.7 Å². The number of nitrogens with zero attached hydrogens (tertiary/aromatic N) is 1. The van der Waals surface area contributed by atoms with Crippen LogP contribution in [0.5, 0.6) is 0 Å². The molecular formula is C17H17NO3. The second-order valence-electron chi connectivity index (χ2n) is 5.45. The van der Waals surface area contributed by atoms with Crippen LogP contribution in [0.4, 0.5) is 0 Å². The van der Waals surface area contributed by atoms with Crippen molar-refractivity contribution in [1.29, 1.82) is 0 Å². The predicted molar refractivity (Wildman–Crippen MR) is 79.8 cm³/mol. The van der Waals surface area contributed by atoms with Gasteiger partial charge in [0.15, 0.2) is 0 Å². The Kier molecular flexibility index (Phi) is 3.60. The summed E-state index contributed by atoms with van der Waals surface area (Å²) in [5.74, 6) is -0.857. The van der Waals surface area contributed by atoms with Crippen molar-refractivity contribution in [2.75, 3.05) is 0 Å². The number of aromatic nitrogens is 1. The Hall–Kier alpha value is -2.36. The first-order chi connectivity index (χ1) is 10.2. The van der Waals surface area contributed by atoms with E-state index in [4.69, 9.17) is 0 Å². The lowest BCUT2D eigenvalue weighted by Crippen LogP contribution is -2.28. The maximum atomic E-state index is 12.0. The van der Waals surface area contributed by atoms with E-state index in [1.54, 1.807) is 0 Å². The van der Waals surface area contributed by atoms with Crippen LogP contribution < -0.4 is 5.56 Å². The van der Waals surface area contributed by atoms with E-state index < -0.39 is 5.97 Å². The van der Waals surface area contributed by atoms with E-state index in [9.17, 15) is 14.7 Å². The Balaban J connectivity index is 1.99. The third kappa shape index (κ3) is 2.61. The predicted octanol–water partition coefficient (Wildman–Crippen LogP) is 2.67. The summed E-state index contributed by atoms with van der Waals surface area (Å²) in [6.07, 6.45) is 3.12. The van der Waals surface area contributed by atoms with Crippen LogP contribution in [0.3, 0.4) is 0 Å². The third-order valence-corrected chi connectivity index (χ3v) is 4.17. The molecule has 0 amide bonds. The molecule has 3 rings (SSSR count). The maximum Gasteiger partial charge on any atom is 0.352 e. The fourth-order valence-electron chi connectivity index (χ4n) is 3.16. The Morgan fingerprint density at radius 2 is 2.00 bits per heavy atom. The van der Waals surface area contributed by atoms with E-state index in [0.29, 0.717) is 6.54 Å². The molecule has 0 spiro atoms. The lowest BCUT2D eigenvalue weighted by molar-refractivity contribution is 0.0682. The van der Waals surface area contributed by atoms with Gasteiger partial charge in [-0.1, -0.05) is 30.3 Å². The van der Waals surface area contributed by atoms with Crippen LogP contribution in [-0.4, -0.2) is 15.6 Å². The van der Waals surface area contributed by atoms with Crippen LogP contribution in [0, 0.1) is 0 Å². The standard InChI is InChI=1S/C17H17NO3/c19-16-10-4-9-15(17(20)21)18(16)11-13-7-3-6-12-5-1-2-8-14(12)13/h1-2,4-5,8-10,13H,3,6-7,11H2,(H,20,21). The summed E-state index contributed by atoms with van der Waals surface area (Å²) in [6, 6.07) is 12.6. The van der Waals surface area contributed by atoms with Crippen molar-refractivity contribution in [3.63, 3.8) is 0 Å². The molecule has 1 aromatic heterocycles. The molecule has 0 saturated carbocycles. The second kappa shape index (κ2) is 5.56. The number of carboxylic acid groups (broad SMARTS) is 1. The molecule has 1 aliphatic rings. The molecule has 2 aromatic rings. The molecule has 1 unspecified atom stereocenters.